The summed E-state index contributed by atoms with van der Waals surface area (Å²) in [5, 5.41) is 0. The fourth-order valence-electron chi connectivity index (χ4n) is 5.07. The molecule has 182 valence electrons. The molecule has 0 saturated carbocycles. The number of anilines is 1. The second-order valence-electron chi connectivity index (χ2n) is 9.25. The maximum Gasteiger partial charge on any atom is 0.265 e. The van der Waals surface area contributed by atoms with Crippen molar-refractivity contribution < 1.29 is 18.7 Å². The van der Waals surface area contributed by atoms with Gasteiger partial charge in [-0.2, -0.15) is 0 Å². The van der Waals surface area contributed by atoms with Crippen LogP contribution in [0, 0.1) is 0 Å². The number of rotatable bonds is 7. The largest absolute Gasteiger partial charge is 0.482 e. The molecular formula is C28H31N3O4. The first-order valence-electron chi connectivity index (χ1n) is 12.2. The van der Waals surface area contributed by atoms with Crippen LogP contribution in [-0.4, -0.2) is 61.4 Å². The highest BCUT2D eigenvalue weighted by Gasteiger charge is 2.28. The Morgan fingerprint density at radius 2 is 1.77 bits per heavy atom. The first-order valence-corrected chi connectivity index (χ1v) is 12.2. The van der Waals surface area contributed by atoms with Crippen molar-refractivity contribution in [3.63, 3.8) is 0 Å². The molecule has 7 heteroatoms. The summed E-state index contributed by atoms with van der Waals surface area (Å²) in [5.41, 5.74) is 2.75. The van der Waals surface area contributed by atoms with E-state index in [1.807, 2.05) is 66.5 Å². The lowest BCUT2D eigenvalue weighted by Crippen LogP contribution is -2.45. The number of hydrogen-bond acceptors (Lipinski definition) is 5. The molecule has 35 heavy (non-hydrogen) atoms. The highest BCUT2D eigenvalue weighted by Crippen LogP contribution is 2.33. The average Bonchev–Trinajstić information content (AvgIpc) is 3.41. The summed E-state index contributed by atoms with van der Waals surface area (Å²) >= 11 is 0. The molecule has 3 heterocycles. The van der Waals surface area contributed by atoms with Gasteiger partial charge in [0.05, 0.1) is 18.5 Å². The maximum absolute atomic E-state index is 13.2. The third-order valence-corrected chi connectivity index (χ3v) is 6.99. The molecule has 0 bridgehead atoms. The first-order chi connectivity index (χ1) is 17.1. The lowest BCUT2D eigenvalue weighted by Gasteiger charge is -2.35. The fraction of sp³-hybridized carbons (Fsp3) is 0.357. The van der Waals surface area contributed by atoms with Crippen LogP contribution in [0.3, 0.4) is 0 Å². The zero-order valence-corrected chi connectivity index (χ0v) is 20.1. The molecule has 1 fully saturated rings. The second-order valence-corrected chi connectivity index (χ2v) is 9.25. The van der Waals surface area contributed by atoms with E-state index < -0.39 is 0 Å². The van der Waals surface area contributed by atoms with E-state index in [1.54, 1.807) is 11.2 Å². The molecule has 0 radical (unpaired) electrons. The van der Waals surface area contributed by atoms with E-state index in [0.29, 0.717) is 19.0 Å². The summed E-state index contributed by atoms with van der Waals surface area (Å²) in [4.78, 5) is 31.7. The molecule has 2 aliphatic heterocycles. The minimum atomic E-state index is 0.00435. The molecule has 1 aromatic heterocycles. The Balaban J connectivity index is 1.19. The minimum absolute atomic E-state index is 0.00435. The van der Waals surface area contributed by atoms with E-state index in [-0.39, 0.29) is 18.4 Å². The fourth-order valence-corrected chi connectivity index (χ4v) is 5.07. The molecule has 0 unspecified atom stereocenters. The summed E-state index contributed by atoms with van der Waals surface area (Å²) < 4.78 is 11.0. The molecule has 2 aromatic carbocycles. The van der Waals surface area contributed by atoms with Crippen LogP contribution >= 0.6 is 0 Å². The van der Waals surface area contributed by atoms with Crippen LogP contribution in [0.5, 0.6) is 5.75 Å². The summed E-state index contributed by atoms with van der Waals surface area (Å²) in [6.45, 7) is 3.89. The van der Waals surface area contributed by atoms with Crippen LogP contribution in [0.25, 0.3) is 0 Å². The number of carbonyl (C=O) groups is 2. The second kappa shape index (κ2) is 10.4. The summed E-state index contributed by atoms with van der Waals surface area (Å²) in [6.07, 6.45) is 3.60. The van der Waals surface area contributed by atoms with Gasteiger partial charge in [0.2, 0.25) is 0 Å². The van der Waals surface area contributed by atoms with Crippen molar-refractivity contribution in [2.24, 2.45) is 0 Å². The van der Waals surface area contributed by atoms with Gasteiger partial charge in [-0.3, -0.25) is 9.59 Å². The Bertz CT molecular complexity index is 1170. The predicted molar refractivity (Wildman–Crippen MR) is 134 cm³/mol. The van der Waals surface area contributed by atoms with E-state index in [2.05, 4.69) is 11.0 Å². The van der Waals surface area contributed by atoms with Crippen LogP contribution in [-0.2, 0) is 11.3 Å². The molecule has 5 rings (SSSR count). The van der Waals surface area contributed by atoms with Gasteiger partial charge < -0.3 is 23.9 Å². The summed E-state index contributed by atoms with van der Waals surface area (Å²) in [6, 6.07) is 19.4. The van der Waals surface area contributed by atoms with Gasteiger partial charge in [-0.1, -0.05) is 30.3 Å². The Labute approximate surface area is 205 Å². The molecular weight excluding hydrogens is 442 g/mol. The van der Waals surface area contributed by atoms with Gasteiger partial charge in [-0.05, 0) is 67.7 Å². The molecule has 0 atom stereocenters. The smallest absolute Gasteiger partial charge is 0.265 e. The molecule has 0 spiro atoms. The van der Waals surface area contributed by atoms with E-state index in [0.717, 1.165) is 60.8 Å². The van der Waals surface area contributed by atoms with Gasteiger partial charge in [0, 0.05) is 25.7 Å². The van der Waals surface area contributed by atoms with Gasteiger partial charge in [-0.25, -0.2) is 0 Å². The summed E-state index contributed by atoms with van der Waals surface area (Å²) in [5.74, 6) is 1.90. The zero-order valence-electron chi connectivity index (χ0n) is 20.1. The highest BCUT2D eigenvalue weighted by atomic mass is 16.5. The number of carbonyl (C=O) groups excluding carboxylic acids is 2. The number of likely N-dealkylation sites (tertiary alicyclic amines) is 1. The standard InChI is InChI=1S/C28H31N3O4/c1-29(19-22-7-6-18-34-22)28(33)24-9-3-2-8-23(24)21-12-14-30(15-13-21)16-17-31-25-10-4-5-11-26(25)35-20-27(31)32/h2-11,18,21H,12-17,19-20H2,1H3. The molecule has 0 N–H and O–H groups in total. The highest BCUT2D eigenvalue weighted by molar-refractivity contribution is 5.97. The lowest BCUT2D eigenvalue weighted by molar-refractivity contribution is -0.121. The predicted octanol–water partition coefficient (Wildman–Crippen LogP) is 4.16. The number of piperidine rings is 1. The van der Waals surface area contributed by atoms with E-state index in [4.69, 9.17) is 9.15 Å². The first kappa shape index (κ1) is 23.2. The maximum atomic E-state index is 13.2. The summed E-state index contributed by atoms with van der Waals surface area (Å²) in [7, 11) is 1.81. The molecule has 2 aliphatic rings. The van der Waals surface area contributed by atoms with Crippen LogP contribution in [0.4, 0.5) is 5.69 Å². The van der Waals surface area contributed by atoms with Crippen LogP contribution in [0.15, 0.2) is 71.3 Å². The zero-order chi connectivity index (χ0) is 24.2. The SMILES string of the molecule is CN(Cc1ccco1)C(=O)c1ccccc1C1CCN(CCN2C(=O)COc3ccccc32)CC1. The number of para-hydroxylation sites is 2. The van der Waals surface area contributed by atoms with Gasteiger partial charge in [-0.15, -0.1) is 0 Å². The Morgan fingerprint density at radius 3 is 2.57 bits per heavy atom. The molecule has 7 nitrogen and oxygen atoms in total. The van der Waals surface area contributed by atoms with Crippen molar-refractivity contribution in [1.29, 1.82) is 0 Å². The molecule has 1 saturated heterocycles. The van der Waals surface area contributed by atoms with Gasteiger partial charge in [0.15, 0.2) is 6.61 Å². The average molecular weight is 474 g/mol. The van der Waals surface area contributed by atoms with Gasteiger partial charge in [0.1, 0.15) is 11.5 Å². The Kier molecular flexibility index (Phi) is 6.86. The quantitative estimate of drug-likeness (QED) is 0.516. The van der Waals surface area contributed by atoms with Crippen LogP contribution in [0.2, 0.25) is 0 Å². The van der Waals surface area contributed by atoms with Crippen molar-refractivity contribution in [2.75, 3.05) is 44.7 Å². The lowest BCUT2D eigenvalue weighted by atomic mass is 9.86. The van der Waals surface area contributed by atoms with E-state index in [1.165, 1.54) is 0 Å². The van der Waals surface area contributed by atoms with E-state index in [9.17, 15) is 9.59 Å². The number of nitrogens with zero attached hydrogens (tertiary/aromatic N) is 3. The van der Waals surface area contributed by atoms with Gasteiger partial charge in [0.25, 0.3) is 11.8 Å². The van der Waals surface area contributed by atoms with Crippen LogP contribution < -0.4 is 9.64 Å². The number of amides is 2. The van der Waals surface area contributed by atoms with E-state index >= 15 is 0 Å². The third kappa shape index (κ3) is 5.10. The number of ether oxygens (including phenoxy) is 1. The molecule has 2 amide bonds. The normalized spacial score (nSPS) is 16.6. The van der Waals surface area contributed by atoms with Crippen molar-refractivity contribution in [3.05, 3.63) is 83.8 Å². The number of hydrogen-bond donors (Lipinski definition) is 0. The Hall–Kier alpha value is -3.58. The number of fused-ring (bicyclic) bond motifs is 1. The topological polar surface area (TPSA) is 66.2 Å². The number of furan rings is 1. The Morgan fingerprint density at radius 1 is 1.00 bits per heavy atom. The van der Waals surface area contributed by atoms with Crippen molar-refractivity contribution in [3.8, 4) is 5.75 Å². The minimum Gasteiger partial charge on any atom is -0.482 e. The van der Waals surface area contributed by atoms with Crippen molar-refractivity contribution in [2.45, 2.75) is 25.3 Å². The number of benzene rings is 2. The van der Waals surface area contributed by atoms with Crippen molar-refractivity contribution in [1.82, 2.24) is 9.80 Å². The van der Waals surface area contributed by atoms with Crippen LogP contribution in [0.1, 0.15) is 40.4 Å². The molecule has 3 aromatic rings. The third-order valence-electron chi connectivity index (χ3n) is 6.99. The van der Waals surface area contributed by atoms with Gasteiger partial charge >= 0.3 is 0 Å². The molecule has 0 aliphatic carbocycles. The monoisotopic (exact) mass is 473 g/mol. The van der Waals surface area contributed by atoms with Crippen molar-refractivity contribution >= 4 is 17.5 Å².